The van der Waals surface area contributed by atoms with Crippen LogP contribution < -0.4 is 0 Å². The van der Waals surface area contributed by atoms with Crippen LogP contribution in [0.3, 0.4) is 0 Å². The molecule has 0 aliphatic heterocycles. The van der Waals surface area contributed by atoms with Crippen molar-refractivity contribution in [1.29, 1.82) is 0 Å². The first-order valence-corrected chi connectivity index (χ1v) is 23.4. The Bertz CT molecular complexity index is 3200. The zero-order chi connectivity index (χ0) is 40.1. The Balaban J connectivity index is 0.877. The first-order chi connectivity index (χ1) is 30.2. The topological polar surface area (TPSA) is 25.8 Å². The van der Waals surface area contributed by atoms with Gasteiger partial charge in [0, 0.05) is 37.4 Å². The molecule has 2 fully saturated rings. The fraction of sp³-hybridized carbons (Fsp3) is 0.207. The minimum atomic E-state index is 0.121. The highest BCUT2D eigenvalue weighted by Crippen LogP contribution is 2.62. The van der Waals surface area contributed by atoms with Crippen LogP contribution in [0, 0.1) is 0 Å². The lowest BCUT2D eigenvalue weighted by atomic mass is 9.66. The van der Waals surface area contributed by atoms with Crippen molar-refractivity contribution in [3.8, 4) is 67.2 Å². The maximum atomic E-state index is 5.28. The summed E-state index contributed by atoms with van der Waals surface area (Å²) in [6, 6.07) is 59.4. The van der Waals surface area contributed by atoms with Crippen molar-refractivity contribution in [2.75, 3.05) is 0 Å². The standard InChI is InChI=1S/C58H46N2S/c1-4-15-39(16-5-1)54-53-44-20-7-9-22-52(44)61-56(53)60-55(59-54)42-18-14-17-40(33-42)37-23-25-38(26-24-37)41-27-28-49-45(34-41)47-36-50-46(35-51(47)58(49)31-12-3-13-32-58)43-19-6-8-21-48(43)57(50)29-10-2-11-30-57/h1,4-9,14-28,33-36H,2-3,10-13,29-32H2. The molecule has 4 aliphatic rings. The van der Waals surface area contributed by atoms with Gasteiger partial charge in [-0.15, -0.1) is 11.3 Å². The van der Waals surface area contributed by atoms with Gasteiger partial charge in [-0.1, -0.05) is 166 Å². The number of benzene rings is 7. The number of fused-ring (bicyclic) bond motifs is 13. The van der Waals surface area contributed by atoms with E-state index in [9.17, 15) is 0 Å². The summed E-state index contributed by atoms with van der Waals surface area (Å²) in [5.41, 5.74) is 20.7. The number of rotatable bonds is 4. The zero-order valence-electron chi connectivity index (χ0n) is 34.4. The Morgan fingerprint density at radius 1 is 0.377 bits per heavy atom. The largest absolute Gasteiger partial charge is 0.227 e. The molecule has 3 heteroatoms. The van der Waals surface area contributed by atoms with Crippen LogP contribution in [0.2, 0.25) is 0 Å². The van der Waals surface area contributed by atoms with Gasteiger partial charge in [0.1, 0.15) is 4.83 Å². The van der Waals surface area contributed by atoms with Gasteiger partial charge < -0.3 is 0 Å². The molecule has 2 nitrogen and oxygen atoms in total. The molecule has 0 radical (unpaired) electrons. The lowest BCUT2D eigenvalue weighted by Gasteiger charge is -2.37. The SMILES string of the molecule is c1ccc(-c2nc(-c3cccc(-c4ccc(-c5ccc6c(c5)-c5cc7c(cc5C65CCCCC5)-c5ccccc5C75CCCCC5)cc4)c3)nc3sc4ccccc4c23)cc1. The van der Waals surface area contributed by atoms with Crippen molar-refractivity contribution in [2.24, 2.45) is 0 Å². The second-order valence-corrected chi connectivity index (χ2v) is 19.3. The third-order valence-corrected chi connectivity index (χ3v) is 16.2. The van der Waals surface area contributed by atoms with Crippen LogP contribution in [-0.2, 0) is 10.8 Å². The van der Waals surface area contributed by atoms with Crippen LogP contribution in [-0.4, -0.2) is 9.97 Å². The van der Waals surface area contributed by atoms with Crippen molar-refractivity contribution in [3.05, 3.63) is 180 Å². The zero-order valence-corrected chi connectivity index (χ0v) is 35.2. The van der Waals surface area contributed by atoms with E-state index in [1.807, 2.05) is 0 Å². The predicted molar refractivity (Wildman–Crippen MR) is 255 cm³/mol. The second kappa shape index (κ2) is 13.7. The first-order valence-electron chi connectivity index (χ1n) is 22.6. The highest BCUT2D eigenvalue weighted by atomic mass is 32.1. The van der Waals surface area contributed by atoms with Gasteiger partial charge in [0.15, 0.2) is 5.82 Å². The van der Waals surface area contributed by atoms with E-state index in [0.717, 1.165) is 32.9 Å². The molecule has 2 saturated carbocycles. The number of nitrogens with zero attached hydrogens (tertiary/aromatic N) is 2. The fourth-order valence-electron chi connectivity index (χ4n) is 12.3. The summed E-state index contributed by atoms with van der Waals surface area (Å²) in [5, 5.41) is 2.35. The first kappa shape index (κ1) is 35.6. The highest BCUT2D eigenvalue weighted by molar-refractivity contribution is 7.25. The molecule has 4 aliphatic carbocycles. The van der Waals surface area contributed by atoms with E-state index in [1.165, 1.54) is 119 Å². The Kier molecular flexibility index (Phi) is 7.98. The van der Waals surface area contributed by atoms with Gasteiger partial charge in [-0.25, -0.2) is 9.97 Å². The third kappa shape index (κ3) is 5.32. The molecule has 9 aromatic rings. The summed E-state index contributed by atoms with van der Waals surface area (Å²) >= 11 is 1.75. The Morgan fingerprint density at radius 3 is 1.67 bits per heavy atom. The van der Waals surface area contributed by atoms with Crippen LogP contribution >= 0.6 is 11.3 Å². The van der Waals surface area contributed by atoms with Gasteiger partial charge in [-0.2, -0.15) is 0 Å². The number of thiophene rings is 1. The number of hydrogen-bond donors (Lipinski definition) is 0. The van der Waals surface area contributed by atoms with Gasteiger partial charge in [-0.05, 0) is 123 Å². The van der Waals surface area contributed by atoms with Crippen LogP contribution in [0.4, 0.5) is 0 Å². The molecule has 61 heavy (non-hydrogen) atoms. The molecule has 2 aromatic heterocycles. The molecule has 13 rings (SSSR count). The van der Waals surface area contributed by atoms with E-state index in [-0.39, 0.29) is 10.8 Å². The Hall–Kier alpha value is -6.16. The van der Waals surface area contributed by atoms with E-state index in [4.69, 9.17) is 9.97 Å². The quantitative estimate of drug-likeness (QED) is 0.177. The Labute approximate surface area is 362 Å². The molecular formula is C58H46N2S. The number of aromatic nitrogens is 2. The molecule has 0 unspecified atom stereocenters. The van der Waals surface area contributed by atoms with E-state index >= 15 is 0 Å². The monoisotopic (exact) mass is 802 g/mol. The van der Waals surface area contributed by atoms with Gasteiger partial charge in [0.05, 0.1) is 5.69 Å². The van der Waals surface area contributed by atoms with Crippen LogP contribution in [0.15, 0.2) is 158 Å². The average molecular weight is 803 g/mol. The maximum absolute atomic E-state index is 5.28. The molecule has 7 aromatic carbocycles. The second-order valence-electron chi connectivity index (χ2n) is 18.2. The van der Waals surface area contributed by atoms with Crippen LogP contribution in [0.5, 0.6) is 0 Å². The summed E-state index contributed by atoms with van der Waals surface area (Å²) in [6.45, 7) is 0. The van der Waals surface area contributed by atoms with Crippen LogP contribution in [0.25, 0.3) is 87.5 Å². The summed E-state index contributed by atoms with van der Waals surface area (Å²) in [5.74, 6) is 0.759. The fourth-order valence-corrected chi connectivity index (χ4v) is 13.3. The molecule has 0 bridgehead atoms. The van der Waals surface area contributed by atoms with Crippen molar-refractivity contribution in [2.45, 2.75) is 75.0 Å². The van der Waals surface area contributed by atoms with E-state index in [0.29, 0.717) is 0 Å². The summed E-state index contributed by atoms with van der Waals surface area (Å²) in [7, 11) is 0. The van der Waals surface area contributed by atoms with E-state index in [2.05, 4.69) is 158 Å². The summed E-state index contributed by atoms with van der Waals surface area (Å²) < 4.78 is 1.23. The maximum Gasteiger partial charge on any atom is 0.161 e. The smallest absolute Gasteiger partial charge is 0.161 e. The van der Waals surface area contributed by atoms with E-state index < -0.39 is 0 Å². The Morgan fingerprint density at radius 2 is 0.934 bits per heavy atom. The van der Waals surface area contributed by atoms with Crippen molar-refractivity contribution < 1.29 is 0 Å². The van der Waals surface area contributed by atoms with Crippen LogP contribution in [0.1, 0.15) is 86.5 Å². The lowest BCUT2D eigenvalue weighted by Crippen LogP contribution is -2.29. The molecule has 2 heterocycles. The molecule has 294 valence electrons. The predicted octanol–water partition coefficient (Wildman–Crippen LogP) is 16.0. The highest BCUT2D eigenvalue weighted by Gasteiger charge is 2.49. The molecular weight excluding hydrogens is 757 g/mol. The minimum absolute atomic E-state index is 0.121. The van der Waals surface area contributed by atoms with Gasteiger partial charge in [0.2, 0.25) is 0 Å². The van der Waals surface area contributed by atoms with Gasteiger partial charge in [-0.3, -0.25) is 0 Å². The van der Waals surface area contributed by atoms with Crippen molar-refractivity contribution >= 4 is 31.6 Å². The summed E-state index contributed by atoms with van der Waals surface area (Å²) in [6.07, 6.45) is 13.0. The molecule has 2 spiro atoms. The normalized spacial score (nSPS) is 16.8. The van der Waals surface area contributed by atoms with E-state index in [1.54, 1.807) is 33.6 Å². The molecule has 0 amide bonds. The average Bonchev–Trinajstić information content (AvgIpc) is 3.93. The number of hydrogen-bond acceptors (Lipinski definition) is 3. The molecule has 0 N–H and O–H groups in total. The molecule has 0 atom stereocenters. The van der Waals surface area contributed by atoms with Crippen molar-refractivity contribution in [1.82, 2.24) is 9.97 Å². The third-order valence-electron chi connectivity index (χ3n) is 15.1. The summed E-state index contributed by atoms with van der Waals surface area (Å²) in [4.78, 5) is 11.5. The lowest BCUT2D eigenvalue weighted by molar-refractivity contribution is 0.350. The van der Waals surface area contributed by atoms with Crippen molar-refractivity contribution in [3.63, 3.8) is 0 Å². The van der Waals surface area contributed by atoms with Gasteiger partial charge in [0.25, 0.3) is 0 Å². The molecule has 0 saturated heterocycles. The minimum Gasteiger partial charge on any atom is -0.227 e. The van der Waals surface area contributed by atoms with Gasteiger partial charge >= 0.3 is 0 Å².